The molecule has 174 valence electrons. The van der Waals surface area contributed by atoms with E-state index in [0.29, 0.717) is 29.7 Å². The number of fused-ring (bicyclic) bond motifs is 4. The van der Waals surface area contributed by atoms with Crippen LogP contribution in [-0.4, -0.2) is 54.0 Å². The van der Waals surface area contributed by atoms with Crippen molar-refractivity contribution in [3.63, 3.8) is 0 Å². The minimum absolute atomic E-state index is 0.394. The zero-order chi connectivity index (χ0) is 23.4. The summed E-state index contributed by atoms with van der Waals surface area (Å²) in [7, 11) is 0. The monoisotopic (exact) mass is 457 g/mol. The van der Waals surface area contributed by atoms with Crippen LogP contribution in [0.5, 0.6) is 0 Å². The molecular formula is C26H28FN7. The third kappa shape index (κ3) is 3.66. The molecule has 1 unspecified atom stereocenters. The third-order valence-corrected chi connectivity index (χ3v) is 7.43. The average molecular weight is 458 g/mol. The summed E-state index contributed by atoms with van der Waals surface area (Å²) in [6.45, 7) is 10.00. The molecule has 3 aliphatic rings. The van der Waals surface area contributed by atoms with Gasteiger partial charge in [0, 0.05) is 35.6 Å². The smallest absolute Gasteiger partial charge is 0.164 e. The van der Waals surface area contributed by atoms with E-state index < -0.39 is 5.82 Å². The number of rotatable bonds is 4. The van der Waals surface area contributed by atoms with Crippen LogP contribution in [0.25, 0.3) is 22.6 Å². The van der Waals surface area contributed by atoms with Gasteiger partial charge in [-0.2, -0.15) is 0 Å². The normalized spacial score (nSPS) is 21.9. The molecule has 0 spiro atoms. The molecule has 7 nitrogen and oxygen atoms in total. The molecule has 3 fully saturated rings. The summed E-state index contributed by atoms with van der Waals surface area (Å²) in [5.41, 5.74) is 6.20. The summed E-state index contributed by atoms with van der Waals surface area (Å²) in [6, 6.07) is 5.85. The highest BCUT2D eigenvalue weighted by atomic mass is 19.1. The maximum atomic E-state index is 14.0. The standard InChI is InChI=1S/C26H28FN7/c1-15-19(4-5-23(30-15)22-14-33-8-6-18(22)7-9-33)13-34-25(20-10-21(27)12-28-11-20)32-24-16(2)29-17(3)31-26(24)34/h4-5,10-12,18,22H,6-9,13-14H2,1-3H3. The van der Waals surface area contributed by atoms with Crippen LogP contribution in [0.3, 0.4) is 0 Å². The molecule has 3 aliphatic heterocycles. The average Bonchev–Trinajstić information content (AvgIpc) is 3.19. The van der Waals surface area contributed by atoms with E-state index in [1.807, 2.05) is 18.4 Å². The van der Waals surface area contributed by atoms with Crippen molar-refractivity contribution < 1.29 is 4.39 Å². The van der Waals surface area contributed by atoms with Crippen LogP contribution in [0, 0.1) is 32.5 Å². The van der Waals surface area contributed by atoms with Crippen LogP contribution >= 0.6 is 0 Å². The van der Waals surface area contributed by atoms with Gasteiger partial charge in [0.15, 0.2) is 5.65 Å². The molecule has 0 saturated carbocycles. The summed E-state index contributed by atoms with van der Waals surface area (Å²) in [4.78, 5) is 25.7. The highest BCUT2D eigenvalue weighted by Gasteiger charge is 2.35. The second-order valence-corrected chi connectivity index (χ2v) is 9.67. The molecule has 1 atom stereocenters. The van der Waals surface area contributed by atoms with Crippen LogP contribution in [0.2, 0.25) is 0 Å². The van der Waals surface area contributed by atoms with E-state index in [1.165, 1.54) is 43.9 Å². The molecule has 0 amide bonds. The van der Waals surface area contributed by atoms with E-state index in [2.05, 4.69) is 33.9 Å². The Morgan fingerprint density at radius 1 is 0.971 bits per heavy atom. The van der Waals surface area contributed by atoms with Crippen molar-refractivity contribution in [1.29, 1.82) is 0 Å². The first-order valence-corrected chi connectivity index (χ1v) is 12.0. The summed E-state index contributed by atoms with van der Waals surface area (Å²) in [5, 5.41) is 0. The highest BCUT2D eigenvalue weighted by Crippen LogP contribution is 2.38. The Hall–Kier alpha value is -3.26. The quantitative estimate of drug-likeness (QED) is 0.457. The van der Waals surface area contributed by atoms with Gasteiger partial charge in [0.05, 0.1) is 18.4 Å². The fourth-order valence-corrected chi connectivity index (χ4v) is 5.63. The van der Waals surface area contributed by atoms with E-state index in [0.717, 1.165) is 40.6 Å². The van der Waals surface area contributed by atoms with E-state index >= 15 is 0 Å². The molecule has 0 aliphatic carbocycles. The Bertz CT molecular complexity index is 1390. The number of aromatic nitrogens is 6. The number of hydrogen-bond acceptors (Lipinski definition) is 6. The number of aryl methyl sites for hydroxylation is 3. The number of halogens is 1. The Kier molecular flexibility index (Phi) is 5.13. The lowest BCUT2D eigenvalue weighted by Gasteiger charge is -2.44. The summed E-state index contributed by atoms with van der Waals surface area (Å²) >= 11 is 0. The van der Waals surface area contributed by atoms with Crippen LogP contribution in [0.15, 0.2) is 30.6 Å². The molecule has 3 saturated heterocycles. The van der Waals surface area contributed by atoms with Gasteiger partial charge < -0.3 is 9.47 Å². The van der Waals surface area contributed by atoms with Gasteiger partial charge in [-0.25, -0.2) is 19.3 Å². The maximum absolute atomic E-state index is 14.0. The molecule has 7 rings (SSSR count). The van der Waals surface area contributed by atoms with E-state index in [1.54, 1.807) is 6.20 Å². The first-order chi connectivity index (χ1) is 16.5. The van der Waals surface area contributed by atoms with Crippen molar-refractivity contribution >= 4 is 11.2 Å². The topological polar surface area (TPSA) is 72.6 Å². The minimum atomic E-state index is -0.394. The van der Waals surface area contributed by atoms with Crippen molar-refractivity contribution in [2.75, 3.05) is 19.6 Å². The first kappa shape index (κ1) is 21.3. The van der Waals surface area contributed by atoms with Gasteiger partial charge in [0.2, 0.25) is 0 Å². The number of nitrogens with zero attached hydrogens (tertiary/aromatic N) is 7. The minimum Gasteiger partial charge on any atom is -0.304 e. The predicted molar refractivity (Wildman–Crippen MR) is 128 cm³/mol. The first-order valence-electron chi connectivity index (χ1n) is 12.0. The molecule has 4 aromatic rings. The van der Waals surface area contributed by atoms with Crippen molar-refractivity contribution in [3.8, 4) is 11.4 Å². The summed E-state index contributed by atoms with van der Waals surface area (Å²) in [5.74, 6) is 2.19. The lowest BCUT2D eigenvalue weighted by Crippen LogP contribution is -2.46. The molecule has 34 heavy (non-hydrogen) atoms. The van der Waals surface area contributed by atoms with Crippen molar-refractivity contribution in [1.82, 2.24) is 34.4 Å². The van der Waals surface area contributed by atoms with E-state index in [9.17, 15) is 4.39 Å². The van der Waals surface area contributed by atoms with Crippen LogP contribution < -0.4 is 0 Å². The Morgan fingerprint density at radius 3 is 2.50 bits per heavy atom. The van der Waals surface area contributed by atoms with Crippen LogP contribution in [0.1, 0.15) is 47.2 Å². The van der Waals surface area contributed by atoms with E-state index in [-0.39, 0.29) is 0 Å². The second-order valence-electron chi connectivity index (χ2n) is 9.67. The molecule has 4 aromatic heterocycles. The number of hydrogen-bond donors (Lipinski definition) is 0. The van der Waals surface area contributed by atoms with Gasteiger partial charge in [-0.05, 0) is 70.3 Å². The molecule has 0 N–H and O–H groups in total. The van der Waals surface area contributed by atoms with E-state index in [4.69, 9.17) is 15.0 Å². The molecule has 7 heterocycles. The van der Waals surface area contributed by atoms with Crippen molar-refractivity contribution in [2.45, 2.75) is 46.1 Å². The fourth-order valence-electron chi connectivity index (χ4n) is 5.63. The summed E-state index contributed by atoms with van der Waals surface area (Å²) in [6.07, 6.45) is 5.39. The highest BCUT2D eigenvalue weighted by molar-refractivity contribution is 5.79. The molecule has 0 aromatic carbocycles. The van der Waals surface area contributed by atoms with Crippen molar-refractivity contribution in [3.05, 3.63) is 64.9 Å². The van der Waals surface area contributed by atoms with Crippen LogP contribution in [0.4, 0.5) is 4.39 Å². The SMILES string of the molecule is Cc1nc(C)c2nc(-c3cncc(F)c3)n(Cc3ccc(C4CN5CCC4CC5)nc3C)c2n1. The predicted octanol–water partition coefficient (Wildman–Crippen LogP) is 4.21. The van der Waals surface area contributed by atoms with Crippen molar-refractivity contribution in [2.24, 2.45) is 5.92 Å². The zero-order valence-corrected chi connectivity index (χ0v) is 19.8. The molecule has 8 heteroatoms. The fraction of sp³-hybridized carbons (Fsp3) is 0.423. The van der Waals surface area contributed by atoms with Gasteiger partial charge in [-0.3, -0.25) is 9.97 Å². The van der Waals surface area contributed by atoms with Gasteiger partial charge in [-0.1, -0.05) is 6.07 Å². The lowest BCUT2D eigenvalue weighted by atomic mass is 9.77. The Morgan fingerprint density at radius 2 is 1.79 bits per heavy atom. The number of imidazole rings is 1. The third-order valence-electron chi connectivity index (χ3n) is 7.43. The zero-order valence-electron chi connectivity index (χ0n) is 19.8. The van der Waals surface area contributed by atoms with Crippen LogP contribution in [-0.2, 0) is 6.54 Å². The lowest BCUT2D eigenvalue weighted by molar-refractivity contribution is 0.0854. The largest absolute Gasteiger partial charge is 0.304 e. The summed E-state index contributed by atoms with van der Waals surface area (Å²) < 4.78 is 16.1. The van der Waals surface area contributed by atoms with Gasteiger partial charge >= 0.3 is 0 Å². The molecular weight excluding hydrogens is 429 g/mol. The molecule has 2 bridgehead atoms. The number of pyridine rings is 2. The van der Waals surface area contributed by atoms with Gasteiger partial charge in [0.25, 0.3) is 0 Å². The van der Waals surface area contributed by atoms with Gasteiger partial charge in [-0.15, -0.1) is 0 Å². The maximum Gasteiger partial charge on any atom is 0.164 e. The Balaban J connectivity index is 1.41. The van der Waals surface area contributed by atoms with Gasteiger partial charge in [0.1, 0.15) is 23.0 Å². The number of piperidine rings is 3. The second kappa shape index (κ2) is 8.20. The molecule has 0 radical (unpaired) electrons. The Labute approximate surface area is 198 Å².